The topological polar surface area (TPSA) is 105 Å². The molecular weight excluding hydrogens is 416 g/mol. The average molecular weight is 449 g/mol. The first-order chi connectivity index (χ1) is 14.4. The Morgan fingerprint density at radius 1 is 1.23 bits per heavy atom. The van der Waals surface area contributed by atoms with Crippen LogP contribution in [-0.4, -0.2) is 41.9 Å². The minimum Gasteiger partial charge on any atom is -0.345 e. The molecule has 0 radical (unpaired) electrons. The number of carbonyl (C=O) groups excluding carboxylic acids is 1. The molecule has 9 heteroatoms. The Kier molecular flexibility index (Phi) is 6.57. The number of aromatic nitrogens is 2. The van der Waals surface area contributed by atoms with Crippen LogP contribution >= 0.6 is 0 Å². The average Bonchev–Trinajstić information content (AvgIpc) is 3.18. The van der Waals surface area contributed by atoms with Gasteiger partial charge < -0.3 is 9.84 Å². The Morgan fingerprint density at radius 2 is 1.87 bits per heavy atom. The summed E-state index contributed by atoms with van der Waals surface area (Å²) in [4.78, 5) is 17.3. The van der Waals surface area contributed by atoms with Crippen molar-refractivity contribution in [1.82, 2.24) is 19.8 Å². The van der Waals surface area contributed by atoms with Crippen molar-refractivity contribution in [3.05, 3.63) is 40.5 Å². The lowest BCUT2D eigenvalue weighted by atomic mass is 9.97. The molecule has 1 aromatic heterocycles. The Bertz CT molecular complexity index is 1060. The fourth-order valence-corrected chi connectivity index (χ4v) is 5.28. The van der Waals surface area contributed by atoms with E-state index in [1.54, 1.807) is 13.0 Å². The molecule has 1 fully saturated rings. The number of sulfonamides is 1. The lowest BCUT2D eigenvalue weighted by molar-refractivity contribution is 0.0949. The number of rotatable bonds is 5. The molecule has 1 saturated heterocycles. The van der Waals surface area contributed by atoms with Crippen LogP contribution in [0, 0.1) is 19.8 Å². The van der Waals surface area contributed by atoms with E-state index in [4.69, 9.17) is 4.52 Å². The van der Waals surface area contributed by atoms with Crippen LogP contribution in [0.2, 0.25) is 0 Å². The predicted molar refractivity (Wildman–Crippen MR) is 117 cm³/mol. The van der Waals surface area contributed by atoms with E-state index in [0.29, 0.717) is 41.8 Å². The molecule has 0 spiro atoms. The fraction of sp³-hybridized carbons (Fsp3) is 0.591. The molecule has 1 N–H and O–H groups in total. The van der Waals surface area contributed by atoms with Gasteiger partial charge in [-0.3, -0.25) is 4.79 Å². The molecule has 1 aromatic carbocycles. The van der Waals surface area contributed by atoms with Crippen molar-refractivity contribution < 1.29 is 17.7 Å². The van der Waals surface area contributed by atoms with Crippen LogP contribution in [-0.2, 0) is 22.0 Å². The summed E-state index contributed by atoms with van der Waals surface area (Å²) in [5.41, 5.74) is 1.44. The molecule has 0 saturated carbocycles. The van der Waals surface area contributed by atoms with Gasteiger partial charge in [0.05, 0.1) is 11.4 Å². The summed E-state index contributed by atoms with van der Waals surface area (Å²) < 4.78 is 33.3. The van der Waals surface area contributed by atoms with Gasteiger partial charge in [0.25, 0.3) is 5.91 Å². The molecule has 3 rings (SSSR count). The summed E-state index contributed by atoms with van der Waals surface area (Å²) in [7, 11) is -3.66. The van der Waals surface area contributed by atoms with Crippen molar-refractivity contribution in [2.75, 3.05) is 13.1 Å². The van der Waals surface area contributed by atoms with Gasteiger partial charge in [0.1, 0.15) is 0 Å². The molecule has 1 aliphatic rings. The second-order valence-corrected chi connectivity index (χ2v) is 11.4. The van der Waals surface area contributed by atoms with E-state index in [1.807, 2.05) is 27.7 Å². The molecule has 0 bridgehead atoms. The number of benzene rings is 1. The Balaban J connectivity index is 1.80. The van der Waals surface area contributed by atoms with Gasteiger partial charge in [-0.2, -0.15) is 9.29 Å². The molecule has 0 aliphatic carbocycles. The summed E-state index contributed by atoms with van der Waals surface area (Å²) in [5, 5.41) is 6.66. The largest absolute Gasteiger partial charge is 0.345 e. The van der Waals surface area contributed by atoms with Gasteiger partial charge in [0, 0.05) is 24.1 Å². The third-order valence-corrected chi connectivity index (χ3v) is 7.78. The van der Waals surface area contributed by atoms with E-state index in [0.717, 1.165) is 18.4 Å². The van der Waals surface area contributed by atoms with E-state index in [1.165, 1.54) is 10.4 Å². The third-order valence-electron chi connectivity index (χ3n) is 5.76. The second kappa shape index (κ2) is 8.70. The number of nitrogens with one attached hydrogen (secondary N) is 1. The van der Waals surface area contributed by atoms with Crippen LogP contribution in [0.5, 0.6) is 0 Å². The molecule has 1 amide bonds. The van der Waals surface area contributed by atoms with Crippen molar-refractivity contribution in [2.45, 2.75) is 71.2 Å². The Morgan fingerprint density at radius 3 is 2.45 bits per heavy atom. The quantitative estimate of drug-likeness (QED) is 0.752. The highest BCUT2D eigenvalue weighted by atomic mass is 32.2. The van der Waals surface area contributed by atoms with Crippen LogP contribution in [0.25, 0.3) is 0 Å². The molecule has 0 atom stereocenters. The van der Waals surface area contributed by atoms with Crippen LogP contribution in [0.3, 0.4) is 0 Å². The molecule has 2 heterocycles. The number of amides is 1. The standard InChI is InChI=1S/C22H32N4O4S/c1-14-7-9-26(10-8-14)31(28,29)18-12-17(11-15(2)16(18)3)20(27)23-13-19-24-21(30-25-19)22(4,5)6/h11-12,14H,7-10,13H2,1-6H3,(H,23,27). The number of aryl methyl sites for hydroxylation is 1. The summed E-state index contributed by atoms with van der Waals surface area (Å²) in [6, 6.07) is 3.18. The zero-order valence-corrected chi connectivity index (χ0v) is 20.0. The number of carbonyl (C=O) groups is 1. The van der Waals surface area contributed by atoms with Crippen molar-refractivity contribution in [1.29, 1.82) is 0 Å². The first-order valence-electron chi connectivity index (χ1n) is 10.6. The first-order valence-corrected chi connectivity index (χ1v) is 12.1. The van der Waals surface area contributed by atoms with Crippen LogP contribution < -0.4 is 5.32 Å². The summed E-state index contributed by atoms with van der Waals surface area (Å²) in [6.45, 7) is 12.7. The maximum Gasteiger partial charge on any atom is 0.251 e. The minimum atomic E-state index is -3.66. The van der Waals surface area contributed by atoms with E-state index in [2.05, 4.69) is 22.4 Å². The van der Waals surface area contributed by atoms with Crippen molar-refractivity contribution in [2.24, 2.45) is 5.92 Å². The monoisotopic (exact) mass is 448 g/mol. The van der Waals surface area contributed by atoms with Crippen molar-refractivity contribution >= 4 is 15.9 Å². The van der Waals surface area contributed by atoms with Crippen LogP contribution in [0.15, 0.2) is 21.6 Å². The molecule has 2 aromatic rings. The zero-order chi connectivity index (χ0) is 23.0. The molecular formula is C22H32N4O4S. The number of hydrogen-bond acceptors (Lipinski definition) is 6. The minimum absolute atomic E-state index is 0.0947. The highest BCUT2D eigenvalue weighted by molar-refractivity contribution is 7.89. The van der Waals surface area contributed by atoms with Gasteiger partial charge in [0.2, 0.25) is 15.9 Å². The first kappa shape index (κ1) is 23.4. The molecule has 1 aliphatic heterocycles. The number of hydrogen-bond donors (Lipinski definition) is 1. The van der Waals surface area contributed by atoms with Gasteiger partial charge in [0.15, 0.2) is 5.82 Å². The van der Waals surface area contributed by atoms with Crippen molar-refractivity contribution in [3.63, 3.8) is 0 Å². The van der Waals surface area contributed by atoms with E-state index >= 15 is 0 Å². The highest BCUT2D eigenvalue weighted by Gasteiger charge is 2.30. The number of nitrogens with zero attached hydrogens (tertiary/aromatic N) is 3. The third kappa shape index (κ3) is 5.15. The van der Waals surface area contributed by atoms with Crippen LogP contribution in [0.1, 0.15) is 73.7 Å². The zero-order valence-electron chi connectivity index (χ0n) is 19.2. The van der Waals surface area contributed by atoms with Gasteiger partial charge in [-0.05, 0) is 55.9 Å². The Labute approximate surface area is 184 Å². The fourth-order valence-electron chi connectivity index (χ4n) is 3.48. The molecule has 31 heavy (non-hydrogen) atoms. The van der Waals surface area contributed by atoms with Gasteiger partial charge in [-0.15, -0.1) is 0 Å². The lowest BCUT2D eigenvalue weighted by Crippen LogP contribution is -2.38. The van der Waals surface area contributed by atoms with E-state index < -0.39 is 10.0 Å². The normalized spacial score (nSPS) is 16.5. The van der Waals surface area contributed by atoms with E-state index in [-0.39, 0.29) is 22.8 Å². The van der Waals surface area contributed by atoms with Gasteiger partial charge in [-0.25, -0.2) is 8.42 Å². The maximum atomic E-state index is 13.3. The van der Waals surface area contributed by atoms with Gasteiger partial charge >= 0.3 is 0 Å². The van der Waals surface area contributed by atoms with E-state index in [9.17, 15) is 13.2 Å². The SMILES string of the molecule is Cc1cc(C(=O)NCc2noc(C(C)(C)C)n2)cc(S(=O)(=O)N2CCC(C)CC2)c1C. The lowest BCUT2D eigenvalue weighted by Gasteiger charge is -2.30. The summed E-state index contributed by atoms with van der Waals surface area (Å²) >= 11 is 0. The molecule has 8 nitrogen and oxygen atoms in total. The highest BCUT2D eigenvalue weighted by Crippen LogP contribution is 2.28. The Hall–Kier alpha value is -2.26. The second-order valence-electron chi connectivity index (χ2n) is 9.45. The smallest absolute Gasteiger partial charge is 0.251 e. The van der Waals surface area contributed by atoms with Crippen LogP contribution in [0.4, 0.5) is 0 Å². The van der Waals surface area contributed by atoms with Crippen molar-refractivity contribution in [3.8, 4) is 0 Å². The number of piperidine rings is 1. The maximum absolute atomic E-state index is 13.3. The summed E-state index contributed by atoms with van der Waals surface area (Å²) in [6.07, 6.45) is 1.69. The molecule has 0 unspecified atom stereocenters. The predicted octanol–water partition coefficient (Wildman–Crippen LogP) is 3.33. The van der Waals surface area contributed by atoms with Gasteiger partial charge in [-0.1, -0.05) is 32.9 Å². The summed E-state index contributed by atoms with van der Waals surface area (Å²) in [5.74, 6) is 1.01. The molecule has 170 valence electrons.